The summed E-state index contributed by atoms with van der Waals surface area (Å²) in [6.45, 7) is 1.49. The topological polar surface area (TPSA) is 88.9 Å². The Hall–Kier alpha value is -1.73. The maximum Gasteiger partial charge on any atom is 0.159 e. The van der Waals surface area contributed by atoms with Crippen LogP contribution >= 0.6 is 0 Å². The summed E-state index contributed by atoms with van der Waals surface area (Å²) in [6.07, 6.45) is 5.19. The highest BCUT2D eigenvalue weighted by Gasteiger charge is 2.04. The number of nitrogens with one attached hydrogen (secondary N) is 1. The zero-order valence-electron chi connectivity index (χ0n) is 8.70. The number of ether oxygens (including phenoxy) is 1. The lowest BCUT2D eigenvalue weighted by Crippen LogP contribution is -2.08. The Balaban J connectivity index is 1.88. The van der Waals surface area contributed by atoms with E-state index < -0.39 is 0 Å². The standard InChI is InChI=1S/C9H13N5O2/c15-4-6-16-5-3-14-7-8(12-13-14)9-10-1-2-11-9/h1-2,7,15H,3-6H2,(H,10,11). The van der Waals surface area contributed by atoms with Crippen molar-refractivity contribution in [3.63, 3.8) is 0 Å². The fourth-order valence-electron chi connectivity index (χ4n) is 1.25. The minimum Gasteiger partial charge on any atom is -0.394 e. The zero-order valence-corrected chi connectivity index (χ0v) is 8.70. The molecule has 2 rings (SSSR count). The summed E-state index contributed by atoms with van der Waals surface area (Å²) in [5.74, 6) is 0.697. The highest BCUT2D eigenvalue weighted by atomic mass is 16.5. The summed E-state index contributed by atoms with van der Waals surface area (Å²) < 4.78 is 6.80. The molecule has 0 aromatic carbocycles. The minimum absolute atomic E-state index is 0.0367. The van der Waals surface area contributed by atoms with E-state index in [1.165, 1.54) is 0 Å². The Morgan fingerprint density at radius 2 is 2.38 bits per heavy atom. The number of imidazole rings is 1. The SMILES string of the molecule is OCCOCCn1cc(-c2ncc[nH]2)nn1. The van der Waals surface area contributed by atoms with Crippen molar-refractivity contribution in [2.75, 3.05) is 19.8 Å². The average Bonchev–Trinajstić information content (AvgIpc) is 2.94. The second kappa shape index (κ2) is 5.38. The average molecular weight is 223 g/mol. The van der Waals surface area contributed by atoms with Crippen LogP contribution in [-0.2, 0) is 11.3 Å². The molecule has 7 heteroatoms. The normalized spacial score (nSPS) is 10.8. The Morgan fingerprint density at radius 1 is 1.44 bits per heavy atom. The van der Waals surface area contributed by atoms with E-state index in [1.54, 1.807) is 23.3 Å². The quantitative estimate of drug-likeness (QED) is 0.655. The van der Waals surface area contributed by atoms with Gasteiger partial charge in [0.25, 0.3) is 0 Å². The van der Waals surface area contributed by atoms with Gasteiger partial charge in [0.2, 0.25) is 0 Å². The monoisotopic (exact) mass is 223 g/mol. The van der Waals surface area contributed by atoms with Gasteiger partial charge in [-0.3, -0.25) is 0 Å². The first-order valence-corrected chi connectivity index (χ1v) is 4.98. The van der Waals surface area contributed by atoms with Crippen molar-refractivity contribution in [1.29, 1.82) is 0 Å². The number of aromatic nitrogens is 5. The van der Waals surface area contributed by atoms with Crippen LogP contribution in [0, 0.1) is 0 Å². The minimum atomic E-state index is 0.0367. The predicted molar refractivity (Wildman–Crippen MR) is 55.5 cm³/mol. The maximum absolute atomic E-state index is 8.52. The lowest BCUT2D eigenvalue weighted by Gasteiger charge is -2.00. The second-order valence-electron chi connectivity index (χ2n) is 3.14. The molecule has 0 saturated heterocycles. The molecular formula is C9H13N5O2. The highest BCUT2D eigenvalue weighted by molar-refractivity contribution is 5.45. The van der Waals surface area contributed by atoms with Crippen LogP contribution in [0.15, 0.2) is 18.6 Å². The number of aromatic amines is 1. The summed E-state index contributed by atoms with van der Waals surface area (Å²) in [6, 6.07) is 0. The van der Waals surface area contributed by atoms with Gasteiger partial charge in [-0.15, -0.1) is 5.10 Å². The molecule has 0 aliphatic carbocycles. The van der Waals surface area contributed by atoms with Crippen molar-refractivity contribution in [2.45, 2.75) is 6.54 Å². The third-order valence-electron chi connectivity index (χ3n) is 1.98. The van der Waals surface area contributed by atoms with Gasteiger partial charge >= 0.3 is 0 Å². The third kappa shape index (κ3) is 2.65. The van der Waals surface area contributed by atoms with Crippen molar-refractivity contribution >= 4 is 0 Å². The second-order valence-corrected chi connectivity index (χ2v) is 3.14. The van der Waals surface area contributed by atoms with E-state index >= 15 is 0 Å². The molecule has 2 N–H and O–H groups in total. The Morgan fingerprint density at radius 3 is 3.12 bits per heavy atom. The molecule has 86 valence electrons. The van der Waals surface area contributed by atoms with Crippen molar-refractivity contribution in [1.82, 2.24) is 25.0 Å². The predicted octanol–water partition coefficient (Wildman–Crippen LogP) is -0.323. The van der Waals surface area contributed by atoms with Crippen molar-refractivity contribution in [2.24, 2.45) is 0 Å². The van der Waals surface area contributed by atoms with Crippen LogP contribution in [-0.4, -0.2) is 49.9 Å². The fraction of sp³-hybridized carbons (Fsp3) is 0.444. The van der Waals surface area contributed by atoms with Crippen LogP contribution in [0.4, 0.5) is 0 Å². The summed E-state index contributed by atoms with van der Waals surface area (Å²) in [5.41, 5.74) is 0.701. The molecule has 7 nitrogen and oxygen atoms in total. The molecule has 0 aliphatic rings. The van der Waals surface area contributed by atoms with Gasteiger partial charge in [0.15, 0.2) is 5.82 Å². The molecule has 2 aromatic heterocycles. The summed E-state index contributed by atoms with van der Waals surface area (Å²) in [7, 11) is 0. The number of aliphatic hydroxyl groups is 1. The molecule has 0 radical (unpaired) electrons. The van der Waals surface area contributed by atoms with E-state index in [-0.39, 0.29) is 6.61 Å². The van der Waals surface area contributed by atoms with E-state index in [0.717, 1.165) is 0 Å². The highest BCUT2D eigenvalue weighted by Crippen LogP contribution is 2.08. The van der Waals surface area contributed by atoms with E-state index in [9.17, 15) is 0 Å². The first kappa shape index (κ1) is 10.8. The van der Waals surface area contributed by atoms with Gasteiger partial charge in [-0.1, -0.05) is 5.21 Å². The largest absolute Gasteiger partial charge is 0.394 e. The number of hydrogen-bond donors (Lipinski definition) is 2. The Bertz CT molecular complexity index is 411. The van der Waals surface area contributed by atoms with Crippen LogP contribution < -0.4 is 0 Å². The van der Waals surface area contributed by atoms with Crippen LogP contribution in [0.1, 0.15) is 0 Å². The van der Waals surface area contributed by atoms with Gasteiger partial charge in [0.05, 0.1) is 32.6 Å². The summed E-state index contributed by atoms with van der Waals surface area (Å²) in [5, 5.41) is 16.4. The maximum atomic E-state index is 8.52. The molecule has 0 amide bonds. The van der Waals surface area contributed by atoms with E-state index in [4.69, 9.17) is 9.84 Å². The molecular weight excluding hydrogens is 210 g/mol. The van der Waals surface area contributed by atoms with Crippen LogP contribution in [0.2, 0.25) is 0 Å². The van der Waals surface area contributed by atoms with Crippen molar-refractivity contribution in [3.05, 3.63) is 18.6 Å². The molecule has 0 spiro atoms. The van der Waals surface area contributed by atoms with Gasteiger partial charge in [-0.2, -0.15) is 0 Å². The Labute approximate surface area is 92.1 Å². The van der Waals surface area contributed by atoms with Crippen LogP contribution in [0.5, 0.6) is 0 Å². The zero-order chi connectivity index (χ0) is 11.2. The first-order chi connectivity index (χ1) is 7.90. The van der Waals surface area contributed by atoms with Gasteiger partial charge in [0, 0.05) is 12.4 Å². The smallest absolute Gasteiger partial charge is 0.159 e. The lowest BCUT2D eigenvalue weighted by atomic mass is 10.4. The third-order valence-corrected chi connectivity index (χ3v) is 1.98. The van der Waals surface area contributed by atoms with E-state index in [2.05, 4.69) is 20.3 Å². The molecule has 0 fully saturated rings. The number of rotatable bonds is 6. The molecule has 0 aliphatic heterocycles. The molecule has 0 bridgehead atoms. The Kier molecular flexibility index (Phi) is 3.62. The van der Waals surface area contributed by atoms with Gasteiger partial charge < -0.3 is 14.8 Å². The van der Waals surface area contributed by atoms with E-state index in [1.807, 2.05) is 0 Å². The number of H-pyrrole nitrogens is 1. The fourth-order valence-corrected chi connectivity index (χ4v) is 1.25. The number of hydrogen-bond acceptors (Lipinski definition) is 5. The van der Waals surface area contributed by atoms with Gasteiger partial charge in [-0.05, 0) is 0 Å². The molecule has 2 aromatic rings. The van der Waals surface area contributed by atoms with Gasteiger partial charge in [0.1, 0.15) is 5.69 Å². The van der Waals surface area contributed by atoms with Crippen molar-refractivity contribution in [3.8, 4) is 11.5 Å². The van der Waals surface area contributed by atoms with Crippen LogP contribution in [0.3, 0.4) is 0 Å². The molecule has 2 heterocycles. The summed E-state index contributed by atoms with van der Waals surface area (Å²) in [4.78, 5) is 7.03. The lowest BCUT2D eigenvalue weighted by molar-refractivity contribution is 0.0851. The van der Waals surface area contributed by atoms with Crippen molar-refractivity contribution < 1.29 is 9.84 Å². The molecule has 0 atom stereocenters. The number of nitrogens with zero attached hydrogens (tertiary/aromatic N) is 4. The number of aliphatic hydroxyl groups excluding tert-OH is 1. The van der Waals surface area contributed by atoms with Gasteiger partial charge in [-0.25, -0.2) is 9.67 Å². The molecule has 0 saturated carbocycles. The summed E-state index contributed by atoms with van der Waals surface area (Å²) >= 11 is 0. The van der Waals surface area contributed by atoms with Crippen LogP contribution in [0.25, 0.3) is 11.5 Å². The first-order valence-electron chi connectivity index (χ1n) is 4.98. The molecule has 16 heavy (non-hydrogen) atoms. The van der Waals surface area contributed by atoms with E-state index in [0.29, 0.717) is 31.3 Å². The molecule has 0 unspecified atom stereocenters.